The molecule has 152 valence electrons. The minimum absolute atomic E-state index is 0.0389. The summed E-state index contributed by atoms with van der Waals surface area (Å²) in [6.07, 6.45) is -0.0389. The van der Waals surface area contributed by atoms with Crippen molar-refractivity contribution in [3.8, 4) is 0 Å². The maximum absolute atomic E-state index is 13.5. The van der Waals surface area contributed by atoms with Gasteiger partial charge in [0.2, 0.25) is 5.91 Å². The molecule has 3 N–H and O–H groups in total. The van der Waals surface area contributed by atoms with Crippen LogP contribution in [0.4, 0.5) is 14.6 Å². The van der Waals surface area contributed by atoms with Crippen molar-refractivity contribution in [1.29, 1.82) is 0 Å². The smallest absolute Gasteiger partial charge is 0.258 e. The number of hydrogen-bond acceptors (Lipinski definition) is 4. The first-order valence-corrected chi connectivity index (χ1v) is 9.79. The lowest BCUT2D eigenvalue weighted by Gasteiger charge is -2.04. The lowest BCUT2D eigenvalue weighted by Crippen LogP contribution is -2.15. The second-order valence-corrected chi connectivity index (χ2v) is 7.72. The first-order valence-electron chi connectivity index (χ1n) is 8.98. The third-order valence-corrected chi connectivity index (χ3v) is 5.56. The third kappa shape index (κ3) is 4.20. The number of thiophene rings is 1. The number of nitrogens with two attached hydrogens (primary N) is 1. The van der Waals surface area contributed by atoms with E-state index in [0.717, 1.165) is 11.3 Å². The van der Waals surface area contributed by atoms with E-state index in [2.05, 4.69) is 10.4 Å². The van der Waals surface area contributed by atoms with Crippen molar-refractivity contribution in [3.63, 3.8) is 0 Å². The highest BCUT2D eigenvalue weighted by molar-refractivity contribution is 7.20. The zero-order valence-electron chi connectivity index (χ0n) is 15.6. The van der Waals surface area contributed by atoms with Crippen LogP contribution in [-0.4, -0.2) is 21.6 Å². The zero-order valence-corrected chi connectivity index (χ0v) is 16.4. The number of rotatable bonds is 6. The van der Waals surface area contributed by atoms with Crippen LogP contribution in [-0.2, 0) is 17.8 Å². The zero-order chi connectivity index (χ0) is 21.3. The summed E-state index contributed by atoms with van der Waals surface area (Å²) < 4.78 is 28.5. The van der Waals surface area contributed by atoms with E-state index in [1.54, 1.807) is 28.9 Å². The van der Waals surface area contributed by atoms with Gasteiger partial charge in [-0.1, -0.05) is 24.3 Å². The van der Waals surface area contributed by atoms with Gasteiger partial charge in [0.25, 0.3) is 5.91 Å². The Labute approximate surface area is 173 Å². The number of nitrogens with zero attached hydrogens (tertiary/aromatic N) is 2. The number of carbonyl (C=O) groups is 2. The molecule has 2 aromatic heterocycles. The van der Waals surface area contributed by atoms with Crippen molar-refractivity contribution in [3.05, 3.63) is 82.2 Å². The van der Waals surface area contributed by atoms with Crippen LogP contribution in [0.1, 0.15) is 20.8 Å². The molecule has 0 bridgehead atoms. The molecule has 0 saturated heterocycles. The van der Waals surface area contributed by atoms with Crippen molar-refractivity contribution in [2.24, 2.45) is 5.73 Å². The van der Waals surface area contributed by atoms with Gasteiger partial charge in [-0.3, -0.25) is 9.59 Å². The van der Waals surface area contributed by atoms with Crippen LogP contribution in [0, 0.1) is 11.6 Å². The largest absolute Gasteiger partial charge is 0.365 e. The van der Waals surface area contributed by atoms with Gasteiger partial charge in [-0.25, -0.2) is 13.5 Å². The molecule has 0 spiro atoms. The van der Waals surface area contributed by atoms with Crippen LogP contribution in [0.3, 0.4) is 0 Å². The Morgan fingerprint density at radius 3 is 2.37 bits per heavy atom. The Morgan fingerprint density at radius 2 is 1.70 bits per heavy atom. The molecule has 0 unspecified atom stereocenters. The van der Waals surface area contributed by atoms with Crippen LogP contribution < -0.4 is 11.1 Å². The van der Waals surface area contributed by atoms with Gasteiger partial charge in [-0.15, -0.1) is 11.3 Å². The van der Waals surface area contributed by atoms with E-state index in [1.807, 2.05) is 0 Å². The standard InChI is InChI=1S/C21H16F2N4O2S/c22-14-5-1-3-12(7-14)9-18(28)25-20-16-10-17(19(24)29)30-21(16)27(26-20)11-13-4-2-6-15(23)8-13/h1-8,10H,9,11H2,(H2,24,29)(H,25,26,28). The summed E-state index contributed by atoms with van der Waals surface area (Å²) in [5, 5.41) is 7.68. The van der Waals surface area contributed by atoms with Gasteiger partial charge in [-0.05, 0) is 41.5 Å². The highest BCUT2D eigenvalue weighted by Crippen LogP contribution is 2.32. The summed E-state index contributed by atoms with van der Waals surface area (Å²) in [7, 11) is 0. The molecule has 0 fully saturated rings. The maximum Gasteiger partial charge on any atom is 0.258 e. The third-order valence-electron chi connectivity index (χ3n) is 4.40. The maximum atomic E-state index is 13.5. The summed E-state index contributed by atoms with van der Waals surface area (Å²) in [6, 6.07) is 13.4. The van der Waals surface area contributed by atoms with Crippen molar-refractivity contribution in [2.75, 3.05) is 5.32 Å². The summed E-state index contributed by atoms with van der Waals surface area (Å²) >= 11 is 1.14. The first kappa shape index (κ1) is 19.7. The summed E-state index contributed by atoms with van der Waals surface area (Å²) in [4.78, 5) is 25.0. The van der Waals surface area contributed by atoms with E-state index < -0.39 is 11.7 Å². The topological polar surface area (TPSA) is 90.0 Å². The summed E-state index contributed by atoms with van der Waals surface area (Å²) in [5.74, 6) is -1.52. The molecule has 0 aliphatic rings. The van der Waals surface area contributed by atoms with Gasteiger partial charge in [-0.2, -0.15) is 5.10 Å². The van der Waals surface area contributed by atoms with Crippen molar-refractivity contribution in [2.45, 2.75) is 13.0 Å². The Bertz CT molecular complexity index is 1270. The number of nitrogens with one attached hydrogen (secondary N) is 1. The molecule has 2 amide bonds. The molecule has 2 aromatic carbocycles. The number of hydrogen-bond donors (Lipinski definition) is 2. The number of amides is 2. The molecule has 2 heterocycles. The minimum Gasteiger partial charge on any atom is -0.365 e. The molecule has 4 aromatic rings. The van der Waals surface area contributed by atoms with E-state index in [1.165, 1.54) is 30.3 Å². The lowest BCUT2D eigenvalue weighted by atomic mass is 10.1. The van der Waals surface area contributed by atoms with E-state index in [-0.39, 0.29) is 30.5 Å². The van der Waals surface area contributed by atoms with Crippen LogP contribution >= 0.6 is 11.3 Å². The molecular formula is C21H16F2N4O2S. The summed E-state index contributed by atoms with van der Waals surface area (Å²) in [6.45, 7) is 0.243. The number of primary amides is 1. The molecule has 0 aliphatic carbocycles. The monoisotopic (exact) mass is 426 g/mol. The molecule has 6 nitrogen and oxygen atoms in total. The molecule has 4 rings (SSSR count). The molecule has 30 heavy (non-hydrogen) atoms. The lowest BCUT2D eigenvalue weighted by molar-refractivity contribution is -0.115. The average Bonchev–Trinajstić information content (AvgIpc) is 3.23. The van der Waals surface area contributed by atoms with Gasteiger partial charge in [0.05, 0.1) is 23.2 Å². The van der Waals surface area contributed by atoms with E-state index in [9.17, 15) is 18.4 Å². The summed E-state index contributed by atoms with van der Waals surface area (Å²) in [5.41, 5.74) is 6.59. The number of aromatic nitrogens is 2. The quantitative estimate of drug-likeness (QED) is 0.493. The second kappa shape index (κ2) is 8.03. The number of benzene rings is 2. The molecule has 0 aliphatic heterocycles. The number of anilines is 1. The number of carbonyl (C=O) groups excluding carboxylic acids is 2. The van der Waals surface area contributed by atoms with Gasteiger partial charge in [0.1, 0.15) is 16.5 Å². The van der Waals surface area contributed by atoms with E-state index in [0.29, 0.717) is 26.2 Å². The first-order chi connectivity index (χ1) is 14.4. The van der Waals surface area contributed by atoms with Crippen LogP contribution in [0.15, 0.2) is 54.6 Å². The van der Waals surface area contributed by atoms with Crippen molar-refractivity contribution in [1.82, 2.24) is 9.78 Å². The fourth-order valence-electron chi connectivity index (χ4n) is 3.10. The van der Waals surface area contributed by atoms with Gasteiger partial charge < -0.3 is 11.1 Å². The van der Waals surface area contributed by atoms with Crippen LogP contribution in [0.2, 0.25) is 0 Å². The molecule has 0 saturated carbocycles. The highest BCUT2D eigenvalue weighted by Gasteiger charge is 2.19. The Hall–Kier alpha value is -3.59. The van der Waals surface area contributed by atoms with E-state index in [4.69, 9.17) is 5.73 Å². The molecule has 0 radical (unpaired) electrons. The SMILES string of the molecule is NC(=O)c1cc2c(NC(=O)Cc3cccc(F)c3)nn(Cc3cccc(F)c3)c2s1. The fourth-order valence-corrected chi connectivity index (χ4v) is 4.06. The van der Waals surface area contributed by atoms with Crippen LogP contribution in [0.25, 0.3) is 10.2 Å². The minimum atomic E-state index is -0.592. The molecular weight excluding hydrogens is 410 g/mol. The second-order valence-electron chi connectivity index (χ2n) is 6.68. The average molecular weight is 426 g/mol. The van der Waals surface area contributed by atoms with Gasteiger partial charge in [0.15, 0.2) is 5.82 Å². The predicted molar refractivity (Wildman–Crippen MR) is 110 cm³/mol. The van der Waals surface area contributed by atoms with Crippen molar-refractivity contribution < 1.29 is 18.4 Å². The Balaban J connectivity index is 1.65. The molecule has 0 atom stereocenters. The van der Waals surface area contributed by atoms with Crippen LogP contribution in [0.5, 0.6) is 0 Å². The van der Waals surface area contributed by atoms with Gasteiger partial charge in [0, 0.05) is 0 Å². The molecule has 9 heteroatoms. The number of halogens is 2. The highest BCUT2D eigenvalue weighted by atomic mass is 32.1. The predicted octanol–water partition coefficient (Wildman–Crippen LogP) is 3.70. The van der Waals surface area contributed by atoms with E-state index >= 15 is 0 Å². The van der Waals surface area contributed by atoms with Crippen molar-refractivity contribution >= 4 is 39.2 Å². The van der Waals surface area contributed by atoms with Gasteiger partial charge >= 0.3 is 0 Å². The normalized spacial score (nSPS) is 11.0. The Kier molecular flexibility index (Phi) is 5.28. The number of fused-ring (bicyclic) bond motifs is 1. The Morgan fingerprint density at radius 1 is 1.03 bits per heavy atom. The fraction of sp³-hybridized carbons (Fsp3) is 0.0952.